The monoisotopic (exact) mass is 396 g/mol. The van der Waals surface area contributed by atoms with Crippen molar-refractivity contribution in [3.8, 4) is 5.75 Å². The highest BCUT2D eigenvalue weighted by molar-refractivity contribution is 5.90. The number of fused-ring (bicyclic) bond motifs is 2. The Morgan fingerprint density at radius 2 is 2.03 bits per heavy atom. The molecule has 1 aliphatic carbocycles. The minimum atomic E-state index is -0.179. The van der Waals surface area contributed by atoms with Gasteiger partial charge in [0, 0.05) is 24.9 Å². The minimum Gasteiger partial charge on any atom is -0.494 e. The Balaban J connectivity index is 1.31. The third kappa shape index (κ3) is 4.60. The van der Waals surface area contributed by atoms with Crippen LogP contribution >= 0.6 is 0 Å². The zero-order valence-electron chi connectivity index (χ0n) is 16.9. The molecule has 154 valence electrons. The highest BCUT2D eigenvalue weighted by Crippen LogP contribution is 2.23. The Morgan fingerprint density at radius 1 is 1.24 bits per heavy atom. The first kappa shape index (κ1) is 19.5. The van der Waals surface area contributed by atoms with E-state index in [-0.39, 0.29) is 11.6 Å². The number of carbonyl (C=O) groups excluding carboxylic acids is 1. The SMILES string of the molecule is Cn1c(=O)[nH]c2nc3ccc(OCCCC(=O)NC4CCCCCC4)cc3cc21. The standard InChI is InChI=1S/C22H28N4O3/c1-26-19-14-15-13-17(10-11-18(15)24-21(19)25-22(26)28)29-12-6-9-20(27)23-16-7-4-2-3-5-8-16/h10-11,13-14,16H,2-9,12H2,1H3,(H,23,27)(H,24,25,28). The van der Waals surface area contributed by atoms with Crippen LogP contribution in [0.5, 0.6) is 5.75 Å². The molecule has 1 aromatic carbocycles. The van der Waals surface area contributed by atoms with Crippen LogP contribution in [0.25, 0.3) is 22.1 Å². The third-order valence-electron chi connectivity index (χ3n) is 5.69. The summed E-state index contributed by atoms with van der Waals surface area (Å²) in [5.74, 6) is 0.863. The van der Waals surface area contributed by atoms with Crippen LogP contribution in [-0.4, -0.2) is 33.1 Å². The number of amides is 1. The molecule has 7 nitrogen and oxygen atoms in total. The van der Waals surface area contributed by atoms with Crippen LogP contribution in [0, 0.1) is 0 Å². The number of carbonyl (C=O) groups is 1. The van der Waals surface area contributed by atoms with Gasteiger partial charge in [-0.2, -0.15) is 0 Å². The second-order valence-electron chi connectivity index (χ2n) is 7.91. The highest BCUT2D eigenvalue weighted by Gasteiger charge is 2.14. The average Bonchev–Trinajstić information content (AvgIpc) is 2.89. The lowest BCUT2D eigenvalue weighted by Crippen LogP contribution is -2.34. The molecule has 2 N–H and O–H groups in total. The predicted molar refractivity (Wildman–Crippen MR) is 113 cm³/mol. The molecule has 1 fully saturated rings. The lowest BCUT2D eigenvalue weighted by atomic mass is 10.1. The first-order valence-corrected chi connectivity index (χ1v) is 10.5. The van der Waals surface area contributed by atoms with Gasteiger partial charge >= 0.3 is 5.69 Å². The van der Waals surface area contributed by atoms with Gasteiger partial charge < -0.3 is 10.1 Å². The quantitative estimate of drug-likeness (QED) is 0.494. The molecule has 0 saturated heterocycles. The Labute approximate surface area is 169 Å². The van der Waals surface area contributed by atoms with Crippen LogP contribution in [-0.2, 0) is 11.8 Å². The largest absolute Gasteiger partial charge is 0.494 e. The van der Waals surface area contributed by atoms with E-state index in [1.54, 1.807) is 11.6 Å². The van der Waals surface area contributed by atoms with Crippen LogP contribution in [0.1, 0.15) is 51.4 Å². The number of benzene rings is 1. The predicted octanol–water partition coefficient (Wildman–Crippen LogP) is 3.41. The number of imidazole rings is 1. The second-order valence-corrected chi connectivity index (χ2v) is 7.91. The van der Waals surface area contributed by atoms with Gasteiger partial charge in [-0.3, -0.25) is 14.3 Å². The van der Waals surface area contributed by atoms with Gasteiger partial charge in [-0.25, -0.2) is 9.78 Å². The fraction of sp³-hybridized carbons (Fsp3) is 0.500. The molecule has 0 spiro atoms. The van der Waals surface area contributed by atoms with E-state index >= 15 is 0 Å². The van der Waals surface area contributed by atoms with Gasteiger partial charge in [-0.15, -0.1) is 0 Å². The van der Waals surface area contributed by atoms with Crippen molar-refractivity contribution in [3.63, 3.8) is 0 Å². The number of ether oxygens (including phenoxy) is 1. The molecule has 1 aliphatic rings. The molecule has 0 aliphatic heterocycles. The van der Waals surface area contributed by atoms with Crippen LogP contribution < -0.4 is 15.7 Å². The van der Waals surface area contributed by atoms with E-state index in [4.69, 9.17) is 4.74 Å². The number of aryl methyl sites for hydroxylation is 1. The number of pyridine rings is 1. The lowest BCUT2D eigenvalue weighted by Gasteiger charge is -2.16. The summed E-state index contributed by atoms with van der Waals surface area (Å²) in [6, 6.07) is 7.95. The van der Waals surface area contributed by atoms with Crippen molar-refractivity contribution in [2.75, 3.05) is 6.61 Å². The number of aromatic nitrogens is 3. The van der Waals surface area contributed by atoms with E-state index in [2.05, 4.69) is 15.3 Å². The van der Waals surface area contributed by atoms with E-state index in [9.17, 15) is 9.59 Å². The summed E-state index contributed by atoms with van der Waals surface area (Å²) >= 11 is 0. The normalized spacial score (nSPS) is 15.5. The maximum Gasteiger partial charge on any atom is 0.327 e. The highest BCUT2D eigenvalue weighted by atomic mass is 16.5. The number of nitrogens with zero attached hydrogens (tertiary/aromatic N) is 2. The molecule has 1 saturated carbocycles. The number of H-pyrrole nitrogens is 1. The second kappa shape index (κ2) is 8.68. The van der Waals surface area contributed by atoms with Crippen LogP contribution in [0.15, 0.2) is 29.1 Å². The Kier molecular flexibility index (Phi) is 5.83. The first-order chi connectivity index (χ1) is 14.1. The summed E-state index contributed by atoms with van der Waals surface area (Å²) in [7, 11) is 1.72. The van der Waals surface area contributed by atoms with Gasteiger partial charge in [0.1, 0.15) is 5.75 Å². The van der Waals surface area contributed by atoms with Crippen LogP contribution in [0.2, 0.25) is 0 Å². The van der Waals surface area contributed by atoms with Gasteiger partial charge in [-0.05, 0) is 43.5 Å². The molecule has 4 rings (SSSR count). The van der Waals surface area contributed by atoms with Crippen molar-refractivity contribution in [3.05, 3.63) is 34.7 Å². The maximum absolute atomic E-state index is 12.2. The van der Waals surface area contributed by atoms with Crippen molar-refractivity contribution in [1.82, 2.24) is 19.9 Å². The Hall–Kier alpha value is -2.83. The zero-order chi connectivity index (χ0) is 20.2. The topological polar surface area (TPSA) is 89.0 Å². The van der Waals surface area contributed by atoms with Crippen molar-refractivity contribution in [1.29, 1.82) is 0 Å². The zero-order valence-corrected chi connectivity index (χ0v) is 16.9. The minimum absolute atomic E-state index is 0.124. The molecular weight excluding hydrogens is 368 g/mol. The molecule has 0 bridgehead atoms. The number of hydrogen-bond acceptors (Lipinski definition) is 4. The van der Waals surface area contributed by atoms with Crippen molar-refractivity contribution < 1.29 is 9.53 Å². The number of nitrogens with one attached hydrogen (secondary N) is 2. The number of rotatable bonds is 6. The molecule has 2 aromatic heterocycles. The van der Waals surface area contributed by atoms with Gasteiger partial charge in [0.2, 0.25) is 5.91 Å². The van der Waals surface area contributed by atoms with Gasteiger partial charge in [-0.1, -0.05) is 25.7 Å². The number of aromatic amines is 1. The smallest absolute Gasteiger partial charge is 0.327 e. The number of hydrogen-bond donors (Lipinski definition) is 2. The fourth-order valence-corrected chi connectivity index (χ4v) is 4.02. The summed E-state index contributed by atoms with van der Waals surface area (Å²) < 4.78 is 7.38. The molecule has 7 heteroatoms. The Bertz CT molecular complexity index is 1060. The van der Waals surface area contributed by atoms with E-state index in [0.717, 1.165) is 35.0 Å². The summed E-state index contributed by atoms with van der Waals surface area (Å²) in [5, 5.41) is 4.09. The van der Waals surface area contributed by atoms with Crippen molar-refractivity contribution in [2.24, 2.45) is 7.05 Å². The van der Waals surface area contributed by atoms with Crippen LogP contribution in [0.3, 0.4) is 0 Å². The van der Waals surface area contributed by atoms with Gasteiger partial charge in [0.05, 0.1) is 17.6 Å². The molecule has 0 radical (unpaired) electrons. The van der Waals surface area contributed by atoms with E-state index in [1.165, 1.54) is 25.7 Å². The lowest BCUT2D eigenvalue weighted by molar-refractivity contribution is -0.122. The third-order valence-corrected chi connectivity index (χ3v) is 5.69. The summed E-state index contributed by atoms with van der Waals surface area (Å²) in [4.78, 5) is 31.2. The summed E-state index contributed by atoms with van der Waals surface area (Å²) in [6.07, 6.45) is 8.38. The van der Waals surface area contributed by atoms with E-state index < -0.39 is 0 Å². The Morgan fingerprint density at radius 3 is 2.83 bits per heavy atom. The molecule has 29 heavy (non-hydrogen) atoms. The molecule has 3 aromatic rings. The molecule has 0 atom stereocenters. The van der Waals surface area contributed by atoms with E-state index in [0.29, 0.717) is 31.1 Å². The van der Waals surface area contributed by atoms with Gasteiger partial charge in [0.25, 0.3) is 0 Å². The van der Waals surface area contributed by atoms with E-state index in [1.807, 2.05) is 24.3 Å². The summed E-state index contributed by atoms with van der Waals surface area (Å²) in [5.41, 5.74) is 1.96. The molecular formula is C22H28N4O3. The van der Waals surface area contributed by atoms with Crippen molar-refractivity contribution >= 4 is 28.0 Å². The maximum atomic E-state index is 12.2. The fourth-order valence-electron chi connectivity index (χ4n) is 4.02. The van der Waals surface area contributed by atoms with Crippen molar-refractivity contribution in [2.45, 2.75) is 57.4 Å². The first-order valence-electron chi connectivity index (χ1n) is 10.5. The molecule has 0 unspecified atom stereocenters. The summed E-state index contributed by atoms with van der Waals surface area (Å²) in [6.45, 7) is 0.488. The molecule has 2 heterocycles. The van der Waals surface area contributed by atoms with Crippen LogP contribution in [0.4, 0.5) is 0 Å². The van der Waals surface area contributed by atoms with Gasteiger partial charge in [0.15, 0.2) is 5.65 Å². The average molecular weight is 396 g/mol. The molecule has 1 amide bonds.